The van der Waals surface area contributed by atoms with Crippen molar-refractivity contribution in [2.24, 2.45) is 11.3 Å². The molecule has 7 nitrogen and oxygen atoms in total. The van der Waals surface area contributed by atoms with E-state index in [1.165, 1.54) is 5.57 Å². The van der Waals surface area contributed by atoms with E-state index in [0.29, 0.717) is 30.7 Å². The fourth-order valence-electron chi connectivity index (χ4n) is 8.89. The first-order valence-electron chi connectivity index (χ1n) is 13.6. The van der Waals surface area contributed by atoms with E-state index < -0.39 is 41.2 Å². The van der Waals surface area contributed by atoms with Crippen LogP contribution in [0.15, 0.2) is 48.2 Å². The van der Waals surface area contributed by atoms with E-state index in [-0.39, 0.29) is 17.8 Å². The number of likely N-dealkylation sites (N-methyl/N-ethyl adjacent to an activating group) is 1. The van der Waals surface area contributed by atoms with Gasteiger partial charge in [-0.1, -0.05) is 31.2 Å². The molecule has 38 heavy (non-hydrogen) atoms. The van der Waals surface area contributed by atoms with Crippen LogP contribution in [0.4, 0.5) is 10.2 Å². The summed E-state index contributed by atoms with van der Waals surface area (Å²) >= 11 is 0. The number of nitrogens with two attached hydrogens (primary N) is 1. The summed E-state index contributed by atoms with van der Waals surface area (Å²) in [7, 11) is 3.63. The zero-order chi connectivity index (χ0) is 26.8. The normalized spacial score (nSPS) is 45.4. The number of fused-ring (bicyclic) bond motifs is 2. The number of ether oxygens (including phenoxy) is 1. The van der Waals surface area contributed by atoms with E-state index in [4.69, 9.17) is 10.5 Å². The van der Waals surface area contributed by atoms with Crippen molar-refractivity contribution in [3.8, 4) is 0 Å². The number of nitrogen functional groups attached to an aromatic ring is 1. The molecule has 8 heteroatoms. The highest BCUT2D eigenvalue weighted by Crippen LogP contribution is 2.70. The number of aliphatic hydroxyl groups excluding tert-OH is 3. The van der Waals surface area contributed by atoms with Gasteiger partial charge in [0.2, 0.25) is 0 Å². The summed E-state index contributed by atoms with van der Waals surface area (Å²) in [5.41, 5.74) is 4.07. The molecule has 7 rings (SSSR count). The van der Waals surface area contributed by atoms with Crippen molar-refractivity contribution >= 4 is 22.2 Å². The quantitative estimate of drug-likeness (QED) is 0.450. The van der Waals surface area contributed by atoms with Crippen molar-refractivity contribution in [2.75, 3.05) is 19.8 Å². The van der Waals surface area contributed by atoms with Crippen molar-refractivity contribution in [1.29, 1.82) is 0 Å². The van der Waals surface area contributed by atoms with Crippen molar-refractivity contribution < 1.29 is 24.4 Å². The summed E-state index contributed by atoms with van der Waals surface area (Å²) in [6.45, 7) is 2.25. The lowest BCUT2D eigenvalue weighted by molar-refractivity contribution is -0.308. The lowest BCUT2D eigenvalue weighted by atomic mass is 9.55. The Kier molecular flexibility index (Phi) is 4.96. The Morgan fingerprint density at radius 3 is 2.68 bits per heavy atom. The van der Waals surface area contributed by atoms with Crippen LogP contribution in [-0.2, 0) is 4.74 Å². The maximum Gasteiger partial charge on any atom is 0.197 e. The van der Waals surface area contributed by atoms with Gasteiger partial charge in [0.1, 0.15) is 23.6 Å². The molecule has 2 aromatic rings. The predicted molar refractivity (Wildman–Crippen MR) is 143 cm³/mol. The Morgan fingerprint density at radius 2 is 1.92 bits per heavy atom. The van der Waals surface area contributed by atoms with E-state index in [9.17, 15) is 15.3 Å². The van der Waals surface area contributed by atoms with Crippen LogP contribution in [0, 0.1) is 11.3 Å². The maximum atomic E-state index is 17.0. The van der Waals surface area contributed by atoms with Gasteiger partial charge in [-0.15, -0.1) is 0 Å². The maximum absolute atomic E-state index is 17.0. The zero-order valence-corrected chi connectivity index (χ0v) is 22.1. The number of anilines is 1. The summed E-state index contributed by atoms with van der Waals surface area (Å²) in [5.74, 6) is 0.505. The number of alkyl halides is 1. The van der Waals surface area contributed by atoms with Crippen molar-refractivity contribution in [3.05, 3.63) is 53.8 Å². The molecule has 202 valence electrons. The van der Waals surface area contributed by atoms with Crippen LogP contribution in [0.5, 0.6) is 0 Å². The number of rotatable bonds is 2. The molecule has 9 unspecified atom stereocenters. The van der Waals surface area contributed by atoms with Crippen molar-refractivity contribution in [1.82, 2.24) is 9.88 Å². The van der Waals surface area contributed by atoms with E-state index in [2.05, 4.69) is 36.2 Å². The molecule has 1 aromatic heterocycles. The first-order chi connectivity index (χ1) is 18.0. The molecule has 2 saturated heterocycles. The van der Waals surface area contributed by atoms with E-state index in [1.807, 2.05) is 31.1 Å². The Morgan fingerprint density at radius 1 is 1.13 bits per heavy atom. The third-order valence-corrected chi connectivity index (χ3v) is 10.9. The number of halogens is 1. The molecular formula is C30H36FN3O4. The molecule has 1 saturated carbocycles. The van der Waals surface area contributed by atoms with Crippen LogP contribution in [0.1, 0.15) is 44.6 Å². The van der Waals surface area contributed by atoms with Crippen LogP contribution in [0.25, 0.3) is 16.3 Å². The van der Waals surface area contributed by atoms with Gasteiger partial charge in [-0.25, -0.2) is 9.37 Å². The highest BCUT2D eigenvalue weighted by Gasteiger charge is 2.79. The van der Waals surface area contributed by atoms with Gasteiger partial charge in [0.15, 0.2) is 5.67 Å². The third kappa shape index (κ3) is 2.73. The Balaban J connectivity index is 1.32. The van der Waals surface area contributed by atoms with Gasteiger partial charge in [-0.3, -0.25) is 0 Å². The summed E-state index contributed by atoms with van der Waals surface area (Å²) in [5, 5.41) is 35.6. The second kappa shape index (κ2) is 7.64. The lowest BCUT2D eigenvalue weighted by Gasteiger charge is -2.62. The largest absolute Gasteiger partial charge is 0.389 e. The second-order valence-corrected chi connectivity index (χ2v) is 12.6. The summed E-state index contributed by atoms with van der Waals surface area (Å²) < 4.78 is 24.0. The Hall–Kier alpha value is -2.36. The van der Waals surface area contributed by atoms with Crippen LogP contribution in [-0.4, -0.2) is 80.5 Å². The minimum absolute atomic E-state index is 0.00677. The number of aromatic nitrogens is 1. The molecule has 2 spiro atoms. The number of benzene rings is 1. The standard InChI is InChI=1S/C30H36FN3O4/c1-27-10-8-20-24(36)30(31)25(37)23(35)21(34(2)3)15-28(30)11-12-29(20,38-28)22(27)7-6-19(27)17-5-4-16-9-13-33-26(32)18(16)14-17/h4-6,8-9,13-14,21-25,35-37H,7,10-12,15H2,1-3H3,(H2,32,33). The minimum atomic E-state index is -2.48. The predicted octanol–water partition coefficient (Wildman–Crippen LogP) is 2.98. The van der Waals surface area contributed by atoms with Crippen LogP contribution < -0.4 is 5.73 Å². The molecule has 5 N–H and O–H groups in total. The molecule has 9 atom stereocenters. The average molecular weight is 522 g/mol. The molecule has 5 aliphatic rings. The zero-order valence-electron chi connectivity index (χ0n) is 22.1. The van der Waals surface area contributed by atoms with Crippen LogP contribution in [0.2, 0.25) is 0 Å². The Labute approximate surface area is 221 Å². The summed E-state index contributed by atoms with van der Waals surface area (Å²) in [6.07, 6.45) is 3.84. The minimum Gasteiger partial charge on any atom is -0.389 e. The average Bonchev–Trinajstić information content (AvgIpc) is 3.43. The lowest BCUT2D eigenvalue weighted by Crippen LogP contribution is -2.78. The number of allylic oxidation sites excluding steroid dienone is 3. The van der Waals surface area contributed by atoms with Gasteiger partial charge >= 0.3 is 0 Å². The van der Waals surface area contributed by atoms with Crippen molar-refractivity contribution in [2.45, 2.75) is 80.3 Å². The van der Waals surface area contributed by atoms with Gasteiger partial charge in [-0.05, 0) is 80.4 Å². The first-order valence-corrected chi connectivity index (χ1v) is 13.6. The SMILES string of the molecule is CN(C)C1CC23CCC4(O2)C(=CCC2(C)C(c5ccc6ccnc(N)c6c5)=CCC24)C(O)C3(F)C(O)C1O. The molecule has 1 aromatic carbocycles. The summed E-state index contributed by atoms with van der Waals surface area (Å²) in [4.78, 5) is 6.08. The highest BCUT2D eigenvalue weighted by atomic mass is 19.1. The Bertz CT molecular complexity index is 1410. The monoisotopic (exact) mass is 521 g/mol. The molecule has 2 bridgehead atoms. The van der Waals surface area contributed by atoms with Crippen molar-refractivity contribution in [3.63, 3.8) is 0 Å². The fourth-order valence-corrected chi connectivity index (χ4v) is 8.89. The smallest absolute Gasteiger partial charge is 0.197 e. The summed E-state index contributed by atoms with van der Waals surface area (Å²) in [6, 6.07) is 7.77. The fraction of sp³-hybridized carbons (Fsp3) is 0.567. The number of hydrogen-bond donors (Lipinski definition) is 4. The van der Waals surface area contributed by atoms with Crippen LogP contribution >= 0.6 is 0 Å². The molecule has 3 fully saturated rings. The van der Waals surface area contributed by atoms with Gasteiger partial charge < -0.3 is 30.7 Å². The molecule has 0 radical (unpaired) electrons. The van der Waals surface area contributed by atoms with Gasteiger partial charge in [0.25, 0.3) is 0 Å². The van der Waals surface area contributed by atoms with Gasteiger partial charge in [-0.2, -0.15) is 0 Å². The number of nitrogens with zero attached hydrogens (tertiary/aromatic N) is 2. The number of aliphatic hydroxyl groups is 3. The third-order valence-electron chi connectivity index (χ3n) is 10.9. The van der Waals surface area contributed by atoms with Gasteiger partial charge in [0, 0.05) is 29.0 Å². The molecule has 2 aliphatic heterocycles. The van der Waals surface area contributed by atoms with E-state index in [1.54, 1.807) is 6.20 Å². The van der Waals surface area contributed by atoms with E-state index in [0.717, 1.165) is 22.8 Å². The number of pyridine rings is 1. The first kappa shape index (κ1) is 24.7. The molecule has 0 amide bonds. The topological polar surface area (TPSA) is 112 Å². The van der Waals surface area contributed by atoms with Crippen LogP contribution in [0.3, 0.4) is 0 Å². The second-order valence-electron chi connectivity index (χ2n) is 12.6. The number of hydrogen-bond acceptors (Lipinski definition) is 7. The molecule has 3 heterocycles. The molecule has 3 aliphatic carbocycles. The highest BCUT2D eigenvalue weighted by molar-refractivity contribution is 5.94. The molecular weight excluding hydrogens is 485 g/mol. The van der Waals surface area contributed by atoms with Gasteiger partial charge in [0.05, 0.1) is 11.7 Å². The van der Waals surface area contributed by atoms with E-state index >= 15 is 4.39 Å².